The van der Waals surface area contributed by atoms with Crippen molar-refractivity contribution >= 4 is 43.2 Å². The van der Waals surface area contributed by atoms with Crippen molar-refractivity contribution in [1.29, 1.82) is 0 Å². The first-order valence-electron chi connectivity index (χ1n) is 8.78. The number of hydrogen-bond donors (Lipinski definition) is 1. The summed E-state index contributed by atoms with van der Waals surface area (Å²) in [7, 11) is -2.55. The molecule has 0 saturated heterocycles. The van der Waals surface area contributed by atoms with Crippen molar-refractivity contribution in [3.63, 3.8) is 0 Å². The number of nitrogens with one attached hydrogen (secondary N) is 1. The maximum Gasteiger partial charge on any atom is 0.264 e. The summed E-state index contributed by atoms with van der Waals surface area (Å²) in [4.78, 5) is 12.6. The van der Waals surface area contributed by atoms with E-state index < -0.39 is 28.3 Å². The van der Waals surface area contributed by atoms with E-state index in [1.54, 1.807) is 36.4 Å². The normalized spacial score (nSPS) is 11.0. The Kier molecular flexibility index (Phi) is 6.73. The molecule has 3 aromatic carbocycles. The zero-order valence-electron chi connectivity index (χ0n) is 15.9. The topological polar surface area (TPSA) is 75.7 Å². The fourth-order valence-corrected chi connectivity index (χ4v) is 4.47. The van der Waals surface area contributed by atoms with Gasteiger partial charge in [-0.25, -0.2) is 12.8 Å². The van der Waals surface area contributed by atoms with Crippen LogP contribution >= 0.6 is 15.9 Å². The predicted octanol–water partition coefficient (Wildman–Crippen LogP) is 4.43. The number of benzene rings is 3. The number of nitrogens with zero attached hydrogens (tertiary/aromatic N) is 1. The van der Waals surface area contributed by atoms with Gasteiger partial charge in [0.15, 0.2) is 0 Å². The van der Waals surface area contributed by atoms with E-state index in [0.717, 1.165) is 4.31 Å². The maximum atomic E-state index is 14.1. The highest BCUT2D eigenvalue weighted by atomic mass is 79.9. The van der Waals surface area contributed by atoms with Crippen molar-refractivity contribution in [2.45, 2.75) is 4.90 Å². The van der Waals surface area contributed by atoms with E-state index in [-0.39, 0.29) is 16.3 Å². The molecule has 0 radical (unpaired) electrons. The summed E-state index contributed by atoms with van der Waals surface area (Å²) in [6, 6.07) is 18.2. The minimum Gasteiger partial charge on any atom is -0.497 e. The SMILES string of the molecule is COc1ccc(N(CC(=O)Nc2ccc(Br)cc2F)S(=O)(=O)c2ccccc2)cc1. The Morgan fingerprint density at radius 1 is 1.07 bits per heavy atom. The third-order valence-corrected chi connectivity index (χ3v) is 6.47. The lowest BCUT2D eigenvalue weighted by Crippen LogP contribution is -2.38. The van der Waals surface area contributed by atoms with E-state index in [1.165, 1.54) is 43.5 Å². The number of carbonyl (C=O) groups is 1. The van der Waals surface area contributed by atoms with Gasteiger partial charge in [0.1, 0.15) is 18.1 Å². The summed E-state index contributed by atoms with van der Waals surface area (Å²) in [6.45, 7) is -0.543. The predicted molar refractivity (Wildman–Crippen MR) is 117 cm³/mol. The van der Waals surface area contributed by atoms with Crippen LogP contribution in [0.2, 0.25) is 0 Å². The Bertz CT molecular complexity index is 1140. The third kappa shape index (κ3) is 4.98. The molecule has 0 fully saturated rings. The molecule has 3 rings (SSSR count). The minimum absolute atomic E-state index is 0.0310. The average molecular weight is 493 g/mol. The second-order valence-corrected chi connectivity index (χ2v) is 8.97. The van der Waals surface area contributed by atoms with Crippen LogP contribution in [0.5, 0.6) is 5.75 Å². The van der Waals surface area contributed by atoms with Crippen molar-refractivity contribution in [3.05, 3.63) is 83.1 Å². The van der Waals surface area contributed by atoms with E-state index >= 15 is 0 Å². The third-order valence-electron chi connectivity index (χ3n) is 4.18. The Morgan fingerprint density at radius 3 is 2.33 bits per heavy atom. The molecule has 0 aliphatic heterocycles. The molecule has 1 amide bonds. The first kappa shape index (κ1) is 21.8. The molecule has 0 atom stereocenters. The van der Waals surface area contributed by atoms with Crippen LogP contribution in [0.3, 0.4) is 0 Å². The molecule has 0 aromatic heterocycles. The Hall–Kier alpha value is -2.91. The lowest BCUT2D eigenvalue weighted by atomic mass is 10.3. The molecule has 0 spiro atoms. The van der Waals surface area contributed by atoms with Gasteiger partial charge in [-0.2, -0.15) is 0 Å². The summed E-state index contributed by atoms with van der Waals surface area (Å²) >= 11 is 3.15. The molecule has 30 heavy (non-hydrogen) atoms. The molecule has 9 heteroatoms. The van der Waals surface area contributed by atoms with Gasteiger partial charge in [0.2, 0.25) is 5.91 Å². The fraction of sp³-hybridized carbons (Fsp3) is 0.0952. The highest BCUT2D eigenvalue weighted by Crippen LogP contribution is 2.26. The van der Waals surface area contributed by atoms with Crippen molar-refractivity contribution in [3.8, 4) is 5.75 Å². The van der Waals surface area contributed by atoms with Crippen molar-refractivity contribution in [1.82, 2.24) is 0 Å². The van der Waals surface area contributed by atoms with Gasteiger partial charge in [0, 0.05) is 4.47 Å². The molecule has 0 aliphatic carbocycles. The number of carbonyl (C=O) groups excluding carboxylic acids is 1. The van der Waals surface area contributed by atoms with E-state index in [1.807, 2.05) is 0 Å². The Balaban J connectivity index is 1.93. The summed E-state index contributed by atoms with van der Waals surface area (Å²) in [6.07, 6.45) is 0. The van der Waals surface area contributed by atoms with E-state index in [4.69, 9.17) is 4.74 Å². The molecule has 0 unspecified atom stereocenters. The molecule has 0 aliphatic rings. The van der Waals surface area contributed by atoms with Crippen LogP contribution in [-0.2, 0) is 14.8 Å². The van der Waals surface area contributed by atoms with Gasteiger partial charge >= 0.3 is 0 Å². The van der Waals surface area contributed by atoms with Gasteiger partial charge in [0.05, 0.1) is 23.4 Å². The number of halogens is 2. The van der Waals surface area contributed by atoms with Gasteiger partial charge in [-0.1, -0.05) is 34.1 Å². The summed E-state index contributed by atoms with van der Waals surface area (Å²) in [5.41, 5.74) is 0.223. The van der Waals surface area contributed by atoms with Gasteiger partial charge in [0.25, 0.3) is 10.0 Å². The van der Waals surface area contributed by atoms with Crippen LogP contribution in [0.1, 0.15) is 0 Å². The summed E-state index contributed by atoms with van der Waals surface area (Å²) < 4.78 is 47.1. The van der Waals surface area contributed by atoms with E-state index in [2.05, 4.69) is 21.2 Å². The second-order valence-electron chi connectivity index (χ2n) is 6.20. The van der Waals surface area contributed by atoms with Crippen LogP contribution < -0.4 is 14.4 Å². The van der Waals surface area contributed by atoms with Gasteiger partial charge < -0.3 is 10.1 Å². The molecule has 0 saturated carbocycles. The number of amides is 1. The number of ether oxygens (including phenoxy) is 1. The largest absolute Gasteiger partial charge is 0.497 e. The van der Waals surface area contributed by atoms with Crippen LogP contribution in [0, 0.1) is 5.82 Å². The molecule has 6 nitrogen and oxygen atoms in total. The monoisotopic (exact) mass is 492 g/mol. The highest BCUT2D eigenvalue weighted by Gasteiger charge is 2.27. The zero-order valence-corrected chi connectivity index (χ0v) is 18.3. The molecule has 3 aromatic rings. The van der Waals surface area contributed by atoms with Gasteiger partial charge in [-0.15, -0.1) is 0 Å². The first-order valence-corrected chi connectivity index (χ1v) is 11.0. The number of methoxy groups -OCH3 is 1. The van der Waals surface area contributed by atoms with Crippen molar-refractivity contribution < 1.29 is 22.3 Å². The lowest BCUT2D eigenvalue weighted by Gasteiger charge is -2.24. The van der Waals surface area contributed by atoms with Crippen molar-refractivity contribution in [2.24, 2.45) is 0 Å². The quantitative estimate of drug-likeness (QED) is 0.529. The molecular weight excluding hydrogens is 475 g/mol. The van der Waals surface area contributed by atoms with Crippen LogP contribution in [0.4, 0.5) is 15.8 Å². The number of anilines is 2. The molecule has 0 heterocycles. The number of rotatable bonds is 7. The average Bonchev–Trinajstić information content (AvgIpc) is 2.75. The molecule has 156 valence electrons. The lowest BCUT2D eigenvalue weighted by molar-refractivity contribution is -0.114. The van der Waals surface area contributed by atoms with E-state index in [9.17, 15) is 17.6 Å². The number of sulfonamides is 1. The Morgan fingerprint density at radius 2 is 1.73 bits per heavy atom. The van der Waals surface area contributed by atoms with Crippen LogP contribution in [0.15, 0.2) is 82.2 Å². The fourth-order valence-electron chi connectivity index (χ4n) is 2.69. The van der Waals surface area contributed by atoms with E-state index in [0.29, 0.717) is 10.2 Å². The zero-order chi connectivity index (χ0) is 21.7. The van der Waals surface area contributed by atoms with Crippen molar-refractivity contribution in [2.75, 3.05) is 23.3 Å². The maximum absolute atomic E-state index is 14.1. The van der Waals surface area contributed by atoms with Crippen LogP contribution in [-0.4, -0.2) is 28.0 Å². The van der Waals surface area contributed by atoms with Gasteiger partial charge in [-0.3, -0.25) is 9.10 Å². The standard InChI is InChI=1S/C21H18BrFN2O4S/c1-29-17-10-8-16(9-11-17)25(30(27,28)18-5-3-2-4-6-18)14-21(26)24-20-12-7-15(22)13-19(20)23/h2-13H,14H2,1H3,(H,24,26). The Labute approximate surface area is 182 Å². The smallest absolute Gasteiger partial charge is 0.264 e. The van der Waals surface area contributed by atoms with Crippen LogP contribution in [0.25, 0.3) is 0 Å². The summed E-state index contributed by atoms with van der Waals surface area (Å²) in [5.74, 6) is -0.789. The number of hydrogen-bond acceptors (Lipinski definition) is 4. The molecule has 0 bridgehead atoms. The second kappa shape index (κ2) is 9.27. The summed E-state index contributed by atoms with van der Waals surface area (Å²) in [5, 5.41) is 2.42. The first-order chi connectivity index (χ1) is 14.3. The molecular formula is C21H18BrFN2O4S. The molecule has 1 N–H and O–H groups in total. The highest BCUT2D eigenvalue weighted by molar-refractivity contribution is 9.10. The minimum atomic E-state index is -4.05. The van der Waals surface area contributed by atoms with Gasteiger partial charge in [-0.05, 0) is 54.6 Å².